The predicted molar refractivity (Wildman–Crippen MR) is 82.1 cm³/mol. The molecule has 0 fully saturated rings. The quantitative estimate of drug-likeness (QED) is 0.848. The topological polar surface area (TPSA) is 75.8 Å². The molecule has 1 aromatic carbocycles. The third kappa shape index (κ3) is 1.83. The van der Waals surface area contributed by atoms with Crippen LogP contribution in [0.4, 0.5) is 0 Å². The number of benzene rings is 1. The summed E-state index contributed by atoms with van der Waals surface area (Å²) in [7, 11) is 0. The molecule has 108 valence electrons. The van der Waals surface area contributed by atoms with Crippen LogP contribution in [0, 0.1) is 0 Å². The van der Waals surface area contributed by atoms with Crippen molar-refractivity contribution in [1.82, 2.24) is 4.90 Å². The molecule has 4 rings (SSSR count). The van der Waals surface area contributed by atoms with Gasteiger partial charge in [0.05, 0.1) is 0 Å². The number of hydrogen-bond acceptors (Lipinski definition) is 4. The van der Waals surface area contributed by atoms with Gasteiger partial charge in [0.1, 0.15) is 11.5 Å². The molecule has 2 heterocycles. The molecule has 5 nitrogen and oxygen atoms in total. The van der Waals surface area contributed by atoms with Crippen molar-refractivity contribution < 1.29 is 9.59 Å². The van der Waals surface area contributed by atoms with Crippen LogP contribution in [0.3, 0.4) is 0 Å². The Labute approximate surface area is 127 Å². The first-order chi connectivity index (χ1) is 10.6. The smallest absolute Gasteiger partial charge is 0.248 e. The number of amides is 1. The Kier molecular flexibility index (Phi) is 2.63. The largest absolute Gasteiger partial charge is 0.366 e. The summed E-state index contributed by atoms with van der Waals surface area (Å²) in [6, 6.07) is 7.59. The molecule has 1 aliphatic carbocycles. The van der Waals surface area contributed by atoms with Gasteiger partial charge in [-0.05, 0) is 11.6 Å². The molecule has 2 N–H and O–H groups in total. The molecule has 0 spiro atoms. The highest BCUT2D eigenvalue weighted by Crippen LogP contribution is 2.30. The maximum atomic E-state index is 12.6. The second-order valence-corrected chi connectivity index (χ2v) is 5.46. The maximum Gasteiger partial charge on any atom is 0.248 e. The van der Waals surface area contributed by atoms with Gasteiger partial charge in [0.15, 0.2) is 0 Å². The lowest BCUT2D eigenvalue weighted by Crippen LogP contribution is -2.33. The summed E-state index contributed by atoms with van der Waals surface area (Å²) in [6.45, 7) is 0.528. The van der Waals surface area contributed by atoms with Crippen LogP contribution < -0.4 is 5.73 Å². The van der Waals surface area contributed by atoms with E-state index in [0.29, 0.717) is 35.6 Å². The molecule has 3 aliphatic rings. The Morgan fingerprint density at radius 3 is 2.91 bits per heavy atom. The lowest BCUT2D eigenvalue weighted by atomic mass is 9.85. The van der Waals surface area contributed by atoms with E-state index >= 15 is 0 Å². The minimum absolute atomic E-state index is 0.0659. The number of primary amides is 1. The first kappa shape index (κ1) is 12.8. The highest BCUT2D eigenvalue weighted by atomic mass is 16.1. The predicted octanol–water partition coefficient (Wildman–Crippen LogP) is 1.33. The van der Waals surface area contributed by atoms with Crippen molar-refractivity contribution in [3.63, 3.8) is 0 Å². The fourth-order valence-electron chi connectivity index (χ4n) is 2.95. The lowest BCUT2D eigenvalue weighted by Gasteiger charge is -2.31. The zero-order chi connectivity index (χ0) is 15.3. The monoisotopic (exact) mass is 291 g/mol. The van der Waals surface area contributed by atoms with Gasteiger partial charge in [0.25, 0.3) is 0 Å². The van der Waals surface area contributed by atoms with Crippen LogP contribution in [0.25, 0.3) is 0 Å². The molecule has 0 aromatic heterocycles. The maximum absolute atomic E-state index is 12.6. The number of rotatable bonds is 1. The number of nitrogens with zero attached hydrogens (tertiary/aromatic N) is 2. The number of hydrogen-bond donors (Lipinski definition) is 1. The summed E-state index contributed by atoms with van der Waals surface area (Å²) in [6.07, 6.45) is 6.02. The standard InChI is InChI=1S/C17H13N3O2/c18-17(22)11-5-6-20-9-12-7-10-3-1-2-4-13(10)16(21)15(12)19-14(20)8-11/h1-5,8-9H,6-7H2,(H2,18,22). The number of allylic oxidation sites excluding steroid dienone is 1. The van der Waals surface area contributed by atoms with E-state index in [0.717, 1.165) is 11.1 Å². The van der Waals surface area contributed by atoms with E-state index in [-0.39, 0.29) is 5.78 Å². The van der Waals surface area contributed by atoms with E-state index in [4.69, 9.17) is 5.73 Å². The molecule has 0 unspecified atom stereocenters. The summed E-state index contributed by atoms with van der Waals surface area (Å²) in [5, 5.41) is 0. The third-order valence-corrected chi connectivity index (χ3v) is 4.07. The number of aliphatic imine (C=N–C) groups is 1. The molecular weight excluding hydrogens is 278 g/mol. The van der Waals surface area contributed by atoms with Gasteiger partial charge in [-0.2, -0.15) is 0 Å². The molecule has 1 amide bonds. The number of ketones is 1. The van der Waals surface area contributed by atoms with Crippen molar-refractivity contribution in [1.29, 1.82) is 0 Å². The van der Waals surface area contributed by atoms with Crippen molar-refractivity contribution in [2.45, 2.75) is 6.42 Å². The Balaban J connectivity index is 1.80. The van der Waals surface area contributed by atoms with Gasteiger partial charge in [-0.15, -0.1) is 0 Å². The highest BCUT2D eigenvalue weighted by molar-refractivity contribution is 6.53. The van der Waals surface area contributed by atoms with Crippen LogP contribution >= 0.6 is 0 Å². The first-order valence-electron chi connectivity index (χ1n) is 7.04. The summed E-state index contributed by atoms with van der Waals surface area (Å²) in [4.78, 5) is 30.3. The normalized spacial score (nSPS) is 19.1. The van der Waals surface area contributed by atoms with Crippen molar-refractivity contribution in [2.75, 3.05) is 6.54 Å². The van der Waals surface area contributed by atoms with Crippen molar-refractivity contribution in [2.24, 2.45) is 10.7 Å². The number of fused-ring (bicyclic) bond motifs is 3. The summed E-state index contributed by atoms with van der Waals surface area (Å²) in [5.41, 5.74) is 8.84. The molecule has 0 saturated carbocycles. The molecular formula is C17H13N3O2. The molecule has 0 atom stereocenters. The van der Waals surface area contributed by atoms with E-state index in [1.807, 2.05) is 35.4 Å². The fourth-order valence-corrected chi connectivity index (χ4v) is 2.95. The molecule has 0 radical (unpaired) electrons. The zero-order valence-corrected chi connectivity index (χ0v) is 11.7. The van der Waals surface area contributed by atoms with Crippen LogP contribution in [-0.4, -0.2) is 28.8 Å². The summed E-state index contributed by atoms with van der Waals surface area (Å²) in [5.74, 6) is 0.0362. The number of carbonyl (C=O) groups is 2. The fraction of sp³-hybridized carbons (Fsp3) is 0.118. The van der Waals surface area contributed by atoms with Crippen LogP contribution in [0.15, 0.2) is 64.6 Å². The van der Waals surface area contributed by atoms with Gasteiger partial charge in [0, 0.05) is 35.9 Å². The van der Waals surface area contributed by atoms with E-state index in [1.165, 1.54) is 0 Å². The van der Waals surface area contributed by atoms with E-state index < -0.39 is 5.91 Å². The zero-order valence-electron chi connectivity index (χ0n) is 11.7. The molecule has 1 aromatic rings. The third-order valence-electron chi connectivity index (χ3n) is 4.07. The van der Waals surface area contributed by atoms with Gasteiger partial charge in [0.2, 0.25) is 11.7 Å². The van der Waals surface area contributed by atoms with Crippen LogP contribution in [0.1, 0.15) is 15.9 Å². The summed E-state index contributed by atoms with van der Waals surface area (Å²) < 4.78 is 0. The average molecular weight is 291 g/mol. The molecule has 22 heavy (non-hydrogen) atoms. The molecule has 0 saturated heterocycles. The Morgan fingerprint density at radius 2 is 2.09 bits per heavy atom. The lowest BCUT2D eigenvalue weighted by molar-refractivity contribution is -0.114. The minimum atomic E-state index is -0.484. The van der Waals surface area contributed by atoms with Crippen molar-refractivity contribution in [3.05, 3.63) is 70.7 Å². The van der Waals surface area contributed by atoms with Crippen molar-refractivity contribution in [3.8, 4) is 0 Å². The van der Waals surface area contributed by atoms with Crippen molar-refractivity contribution >= 4 is 17.4 Å². The first-order valence-corrected chi connectivity index (χ1v) is 7.04. The number of carbonyl (C=O) groups excluding carboxylic acids is 2. The second kappa shape index (κ2) is 4.53. The minimum Gasteiger partial charge on any atom is -0.366 e. The van der Waals surface area contributed by atoms with E-state index in [9.17, 15) is 9.59 Å². The van der Waals surface area contributed by atoms with Crippen LogP contribution in [0.5, 0.6) is 0 Å². The Bertz CT molecular complexity index is 843. The average Bonchev–Trinajstić information content (AvgIpc) is 2.53. The highest BCUT2D eigenvalue weighted by Gasteiger charge is 2.31. The Morgan fingerprint density at radius 1 is 1.27 bits per heavy atom. The van der Waals surface area contributed by atoms with Gasteiger partial charge in [-0.1, -0.05) is 30.3 Å². The second-order valence-electron chi connectivity index (χ2n) is 5.46. The number of Topliss-reactive ketones (excluding diaryl/α,β-unsaturated/α-hetero) is 1. The van der Waals surface area contributed by atoms with Gasteiger partial charge >= 0.3 is 0 Å². The summed E-state index contributed by atoms with van der Waals surface area (Å²) >= 11 is 0. The molecule has 0 bridgehead atoms. The van der Waals surface area contributed by atoms with Gasteiger partial charge in [-0.3, -0.25) is 9.59 Å². The molecule has 2 aliphatic heterocycles. The van der Waals surface area contributed by atoms with E-state index in [2.05, 4.69) is 4.99 Å². The van der Waals surface area contributed by atoms with E-state index in [1.54, 1.807) is 12.2 Å². The SMILES string of the molecule is NC(=O)C1=CCN2C=C3Cc4ccccc4C(=O)C3=NC2=C1. The van der Waals surface area contributed by atoms with Crippen LogP contribution in [0.2, 0.25) is 0 Å². The number of nitrogens with two attached hydrogens (primary N) is 1. The van der Waals surface area contributed by atoms with Gasteiger partial charge in [-0.25, -0.2) is 4.99 Å². The van der Waals surface area contributed by atoms with Crippen LogP contribution in [-0.2, 0) is 11.2 Å². The Hall–Kier alpha value is -2.95. The van der Waals surface area contributed by atoms with Gasteiger partial charge < -0.3 is 10.6 Å². The molecule has 5 heteroatoms.